The highest BCUT2D eigenvalue weighted by atomic mass is 14.9. The molecule has 0 aliphatic heterocycles. The summed E-state index contributed by atoms with van der Waals surface area (Å²) >= 11 is 0. The molecule has 1 N–H and O–H groups in total. The predicted molar refractivity (Wildman–Crippen MR) is 72.6 cm³/mol. The zero-order valence-corrected chi connectivity index (χ0v) is 12.0. The second kappa shape index (κ2) is 6.05. The topological polar surface area (TPSA) is 12.0 Å². The van der Waals surface area contributed by atoms with Gasteiger partial charge >= 0.3 is 0 Å². The molecule has 1 aliphatic rings. The maximum atomic E-state index is 3.62. The van der Waals surface area contributed by atoms with Crippen molar-refractivity contribution in [2.45, 2.75) is 60.3 Å². The lowest BCUT2D eigenvalue weighted by Gasteiger charge is -2.43. The molecule has 0 heterocycles. The van der Waals surface area contributed by atoms with Crippen LogP contribution in [0.1, 0.15) is 60.3 Å². The summed E-state index contributed by atoms with van der Waals surface area (Å²) in [5.74, 6) is 2.75. The maximum Gasteiger partial charge on any atom is -0.00177 e. The maximum absolute atomic E-state index is 3.62. The fourth-order valence-electron chi connectivity index (χ4n) is 3.21. The van der Waals surface area contributed by atoms with E-state index in [1.807, 2.05) is 0 Å². The van der Waals surface area contributed by atoms with E-state index in [1.165, 1.54) is 38.8 Å². The van der Waals surface area contributed by atoms with Crippen LogP contribution in [0.2, 0.25) is 0 Å². The van der Waals surface area contributed by atoms with E-state index in [1.54, 1.807) is 0 Å². The van der Waals surface area contributed by atoms with Crippen molar-refractivity contribution in [2.75, 3.05) is 13.1 Å². The number of hydrogen-bond donors (Lipinski definition) is 1. The first-order valence-corrected chi connectivity index (χ1v) is 7.15. The van der Waals surface area contributed by atoms with E-state index in [2.05, 4.69) is 39.9 Å². The van der Waals surface area contributed by atoms with E-state index in [0.29, 0.717) is 5.41 Å². The van der Waals surface area contributed by atoms with Gasteiger partial charge in [0.2, 0.25) is 0 Å². The molecule has 3 atom stereocenters. The van der Waals surface area contributed by atoms with Crippen LogP contribution in [0.4, 0.5) is 0 Å². The number of rotatable bonds is 4. The molecule has 0 aromatic heterocycles. The van der Waals surface area contributed by atoms with Gasteiger partial charge in [-0.1, -0.05) is 41.0 Å². The Kier molecular flexibility index (Phi) is 5.30. The zero-order chi connectivity index (χ0) is 12.2. The first-order chi connectivity index (χ1) is 7.45. The van der Waals surface area contributed by atoms with Crippen molar-refractivity contribution >= 4 is 0 Å². The molecule has 0 radical (unpaired) electrons. The van der Waals surface area contributed by atoms with Gasteiger partial charge in [0.25, 0.3) is 0 Å². The van der Waals surface area contributed by atoms with Gasteiger partial charge in [0.1, 0.15) is 0 Å². The van der Waals surface area contributed by atoms with Crippen molar-refractivity contribution in [2.24, 2.45) is 23.2 Å². The van der Waals surface area contributed by atoms with E-state index in [0.717, 1.165) is 17.8 Å². The molecule has 1 heteroatoms. The van der Waals surface area contributed by atoms with Crippen molar-refractivity contribution in [1.29, 1.82) is 0 Å². The molecule has 96 valence electrons. The summed E-state index contributed by atoms with van der Waals surface area (Å²) in [4.78, 5) is 0. The number of nitrogens with one attached hydrogen (secondary N) is 1. The normalized spacial score (nSPS) is 31.7. The van der Waals surface area contributed by atoms with Crippen molar-refractivity contribution in [3.8, 4) is 0 Å². The minimum atomic E-state index is 0.479. The molecule has 0 saturated heterocycles. The van der Waals surface area contributed by atoms with Crippen LogP contribution < -0.4 is 5.32 Å². The Labute approximate surface area is 102 Å². The molecule has 1 fully saturated rings. The Morgan fingerprint density at radius 2 is 1.88 bits per heavy atom. The van der Waals surface area contributed by atoms with E-state index < -0.39 is 0 Å². The molecular formula is C15H31N. The zero-order valence-electron chi connectivity index (χ0n) is 12.0. The van der Waals surface area contributed by atoms with Gasteiger partial charge < -0.3 is 5.32 Å². The van der Waals surface area contributed by atoms with Crippen LogP contribution in [0.3, 0.4) is 0 Å². The molecule has 1 rings (SSSR count). The standard InChI is InChI=1S/C15H31N/c1-6-9-16-11-13-8-7-12(2)10-14(13)15(3,4)5/h12-14,16H,6-11H2,1-5H3. The summed E-state index contributed by atoms with van der Waals surface area (Å²) in [6.07, 6.45) is 5.55. The predicted octanol–water partition coefficient (Wildman–Crippen LogP) is 4.08. The Hall–Kier alpha value is -0.0400. The Bertz CT molecular complexity index is 192. The second-order valence-electron chi connectivity index (χ2n) is 6.85. The third kappa shape index (κ3) is 4.08. The fourth-order valence-corrected chi connectivity index (χ4v) is 3.21. The molecule has 0 aromatic rings. The molecule has 1 nitrogen and oxygen atoms in total. The molecule has 0 spiro atoms. The largest absolute Gasteiger partial charge is 0.316 e. The van der Waals surface area contributed by atoms with Crippen molar-refractivity contribution < 1.29 is 0 Å². The van der Waals surface area contributed by atoms with Crippen molar-refractivity contribution in [1.82, 2.24) is 5.32 Å². The summed E-state index contributed by atoms with van der Waals surface area (Å²) in [5, 5.41) is 3.62. The van der Waals surface area contributed by atoms with E-state index in [4.69, 9.17) is 0 Å². The van der Waals surface area contributed by atoms with Crippen LogP contribution in [0, 0.1) is 23.2 Å². The second-order valence-corrected chi connectivity index (χ2v) is 6.85. The molecule has 0 aromatic carbocycles. The lowest BCUT2D eigenvalue weighted by atomic mass is 9.64. The average Bonchev–Trinajstić information content (AvgIpc) is 2.19. The van der Waals surface area contributed by atoms with Gasteiger partial charge in [0, 0.05) is 0 Å². The smallest absolute Gasteiger partial charge is 0.00177 e. The SMILES string of the molecule is CCCNCC1CCC(C)CC1C(C)(C)C. The monoisotopic (exact) mass is 225 g/mol. The van der Waals surface area contributed by atoms with Crippen LogP contribution in [0.5, 0.6) is 0 Å². The first-order valence-electron chi connectivity index (χ1n) is 7.15. The van der Waals surface area contributed by atoms with Crippen LogP contribution in [-0.2, 0) is 0 Å². The van der Waals surface area contributed by atoms with Gasteiger partial charge in [-0.3, -0.25) is 0 Å². The molecule has 3 unspecified atom stereocenters. The van der Waals surface area contributed by atoms with Gasteiger partial charge in [-0.2, -0.15) is 0 Å². The minimum Gasteiger partial charge on any atom is -0.316 e. The summed E-state index contributed by atoms with van der Waals surface area (Å²) in [6.45, 7) is 14.4. The quantitative estimate of drug-likeness (QED) is 0.711. The van der Waals surface area contributed by atoms with Crippen molar-refractivity contribution in [3.05, 3.63) is 0 Å². The van der Waals surface area contributed by atoms with Crippen LogP contribution in [0.25, 0.3) is 0 Å². The van der Waals surface area contributed by atoms with Gasteiger partial charge in [-0.05, 0) is 55.5 Å². The highest BCUT2D eigenvalue weighted by molar-refractivity contribution is 4.86. The fraction of sp³-hybridized carbons (Fsp3) is 1.00. The first kappa shape index (κ1) is 14.0. The van der Waals surface area contributed by atoms with E-state index >= 15 is 0 Å². The molecule has 16 heavy (non-hydrogen) atoms. The molecule has 0 amide bonds. The summed E-state index contributed by atoms with van der Waals surface area (Å²) < 4.78 is 0. The Balaban J connectivity index is 2.51. The summed E-state index contributed by atoms with van der Waals surface area (Å²) in [7, 11) is 0. The van der Waals surface area contributed by atoms with E-state index in [9.17, 15) is 0 Å². The summed E-state index contributed by atoms with van der Waals surface area (Å²) in [6, 6.07) is 0. The van der Waals surface area contributed by atoms with Crippen LogP contribution in [0.15, 0.2) is 0 Å². The van der Waals surface area contributed by atoms with Crippen molar-refractivity contribution in [3.63, 3.8) is 0 Å². The average molecular weight is 225 g/mol. The third-order valence-electron chi connectivity index (χ3n) is 4.20. The Morgan fingerprint density at radius 3 is 2.44 bits per heavy atom. The highest BCUT2D eigenvalue weighted by Gasteiger charge is 2.35. The molecular weight excluding hydrogens is 194 g/mol. The highest BCUT2D eigenvalue weighted by Crippen LogP contribution is 2.43. The summed E-state index contributed by atoms with van der Waals surface area (Å²) in [5.41, 5.74) is 0.479. The van der Waals surface area contributed by atoms with Gasteiger partial charge in [0.05, 0.1) is 0 Å². The lowest BCUT2D eigenvalue weighted by Crippen LogP contribution is -2.39. The molecule has 1 saturated carbocycles. The van der Waals surface area contributed by atoms with Crippen LogP contribution in [-0.4, -0.2) is 13.1 Å². The van der Waals surface area contributed by atoms with E-state index in [-0.39, 0.29) is 0 Å². The Morgan fingerprint density at radius 1 is 1.19 bits per heavy atom. The van der Waals surface area contributed by atoms with Crippen LogP contribution >= 0.6 is 0 Å². The third-order valence-corrected chi connectivity index (χ3v) is 4.20. The number of hydrogen-bond acceptors (Lipinski definition) is 1. The van der Waals surface area contributed by atoms with Gasteiger partial charge in [-0.25, -0.2) is 0 Å². The van der Waals surface area contributed by atoms with Gasteiger partial charge in [0.15, 0.2) is 0 Å². The minimum absolute atomic E-state index is 0.479. The molecule has 1 aliphatic carbocycles. The lowest BCUT2D eigenvalue weighted by molar-refractivity contribution is 0.0807. The molecule has 0 bridgehead atoms. The van der Waals surface area contributed by atoms with Gasteiger partial charge in [-0.15, -0.1) is 0 Å².